The van der Waals surface area contributed by atoms with Crippen molar-refractivity contribution in [2.45, 2.75) is 12.0 Å². The fourth-order valence-corrected chi connectivity index (χ4v) is 1.93. The van der Waals surface area contributed by atoms with Gasteiger partial charge in [0.25, 0.3) is 0 Å². The minimum atomic E-state index is -1.64. The van der Waals surface area contributed by atoms with Crippen molar-refractivity contribution in [2.24, 2.45) is 5.73 Å². The lowest BCUT2D eigenvalue weighted by atomic mass is 9.85. The van der Waals surface area contributed by atoms with Gasteiger partial charge in [0.15, 0.2) is 11.3 Å². The molecule has 2 aromatic rings. The van der Waals surface area contributed by atoms with E-state index in [9.17, 15) is 9.59 Å². The van der Waals surface area contributed by atoms with Crippen LogP contribution in [0.25, 0.3) is 0 Å². The normalized spacial score (nSPS) is 13.5. The predicted octanol–water partition coefficient (Wildman–Crippen LogP) is 1.92. The molecule has 0 saturated carbocycles. The first kappa shape index (κ1) is 13.2. The van der Waals surface area contributed by atoms with Crippen molar-refractivity contribution in [3.05, 3.63) is 71.8 Å². The van der Waals surface area contributed by atoms with Gasteiger partial charge in [0.1, 0.15) is 0 Å². The molecule has 95 valence electrons. The number of ketones is 1. The van der Waals surface area contributed by atoms with Crippen molar-refractivity contribution in [1.82, 2.24) is 0 Å². The molecule has 1 radical (unpaired) electrons. The van der Waals surface area contributed by atoms with Crippen LogP contribution >= 0.6 is 0 Å². The number of nitrogens with two attached hydrogens (primary N) is 1. The fourth-order valence-electron chi connectivity index (χ4n) is 1.93. The maximum Gasteiger partial charge on any atom is 0.228 e. The van der Waals surface area contributed by atoms with Gasteiger partial charge in [-0.2, -0.15) is 0 Å². The smallest absolute Gasteiger partial charge is 0.228 e. The van der Waals surface area contributed by atoms with Gasteiger partial charge in [-0.15, -0.1) is 0 Å². The molecular weight excluding hydrogens is 238 g/mol. The highest BCUT2D eigenvalue weighted by molar-refractivity contribution is 6.12. The molecule has 0 aliphatic carbocycles. The maximum atomic E-state index is 12.3. The molecule has 0 amide bonds. The van der Waals surface area contributed by atoms with E-state index in [1.54, 1.807) is 36.6 Å². The Morgan fingerprint density at radius 1 is 1.00 bits per heavy atom. The van der Waals surface area contributed by atoms with E-state index in [4.69, 9.17) is 5.73 Å². The van der Waals surface area contributed by atoms with Gasteiger partial charge in [-0.25, -0.2) is 0 Å². The number of carbonyl (C=O) groups excluding carboxylic acids is 2. The molecule has 0 aliphatic rings. The summed E-state index contributed by atoms with van der Waals surface area (Å²) in [4.78, 5) is 23.5. The highest BCUT2D eigenvalue weighted by Crippen LogP contribution is 2.15. The fraction of sp³-hybridized carbons (Fsp3) is 0.125. The summed E-state index contributed by atoms with van der Waals surface area (Å²) in [6, 6.07) is 17.8. The summed E-state index contributed by atoms with van der Waals surface area (Å²) in [6.45, 7) is 0. The third-order valence-corrected chi connectivity index (χ3v) is 2.95. The minimum Gasteiger partial charge on any atom is -0.312 e. The molecule has 0 heterocycles. The topological polar surface area (TPSA) is 60.2 Å². The molecule has 19 heavy (non-hydrogen) atoms. The van der Waals surface area contributed by atoms with Crippen LogP contribution < -0.4 is 5.73 Å². The Morgan fingerprint density at radius 3 is 2.05 bits per heavy atom. The first-order chi connectivity index (χ1) is 9.15. The van der Waals surface area contributed by atoms with Crippen LogP contribution in [-0.4, -0.2) is 17.6 Å². The standard InChI is InChI=1S/C16H14NO2/c17-16(12-18,11-13-7-3-1-4-8-13)15(19)14-9-5-2-6-10-14/h1-10H,11,17H2/t16-/m0/s1. The Bertz CT molecular complexity index is 566. The average molecular weight is 252 g/mol. The van der Waals surface area contributed by atoms with Crippen LogP contribution in [0.3, 0.4) is 0 Å². The predicted molar refractivity (Wildman–Crippen MR) is 73.5 cm³/mol. The molecule has 0 unspecified atom stereocenters. The molecule has 3 nitrogen and oxygen atoms in total. The second-order valence-electron chi connectivity index (χ2n) is 4.43. The van der Waals surface area contributed by atoms with Crippen LogP contribution in [0.2, 0.25) is 0 Å². The monoisotopic (exact) mass is 252 g/mol. The molecule has 2 rings (SSSR count). The first-order valence-corrected chi connectivity index (χ1v) is 5.98. The Hall–Kier alpha value is -2.26. The molecule has 2 aromatic carbocycles. The van der Waals surface area contributed by atoms with Crippen LogP contribution in [0.5, 0.6) is 0 Å². The first-order valence-electron chi connectivity index (χ1n) is 5.98. The zero-order valence-electron chi connectivity index (χ0n) is 10.4. The third kappa shape index (κ3) is 2.95. The molecule has 0 spiro atoms. The van der Waals surface area contributed by atoms with E-state index in [0.29, 0.717) is 5.56 Å². The summed E-state index contributed by atoms with van der Waals surface area (Å²) in [5.74, 6) is -0.410. The SMILES string of the molecule is N[C@]([C]=O)(Cc1ccccc1)C(=O)c1ccccc1. The summed E-state index contributed by atoms with van der Waals surface area (Å²) < 4.78 is 0. The Labute approximate surface area is 112 Å². The van der Waals surface area contributed by atoms with Gasteiger partial charge in [0, 0.05) is 12.0 Å². The number of Topliss-reactive ketones (excluding diaryl/α,β-unsaturated/α-hetero) is 1. The molecule has 2 N–H and O–H groups in total. The molecule has 0 bridgehead atoms. The van der Waals surface area contributed by atoms with Crippen LogP contribution in [-0.2, 0) is 11.2 Å². The molecular formula is C16H14NO2. The second-order valence-corrected chi connectivity index (χ2v) is 4.43. The molecule has 0 fully saturated rings. The molecule has 3 heteroatoms. The second kappa shape index (κ2) is 5.59. The van der Waals surface area contributed by atoms with E-state index in [1.165, 1.54) is 0 Å². The van der Waals surface area contributed by atoms with Gasteiger partial charge in [0.05, 0.1) is 0 Å². The third-order valence-electron chi connectivity index (χ3n) is 2.95. The van der Waals surface area contributed by atoms with E-state index in [-0.39, 0.29) is 6.42 Å². The van der Waals surface area contributed by atoms with E-state index in [1.807, 2.05) is 30.3 Å². The number of rotatable bonds is 5. The molecule has 1 atom stereocenters. The average Bonchev–Trinajstić information content (AvgIpc) is 2.48. The van der Waals surface area contributed by atoms with Gasteiger partial charge in [-0.1, -0.05) is 60.7 Å². The maximum absolute atomic E-state index is 12.3. The number of benzene rings is 2. The van der Waals surface area contributed by atoms with E-state index in [0.717, 1.165) is 5.56 Å². The lowest BCUT2D eigenvalue weighted by Crippen LogP contribution is -2.51. The summed E-state index contributed by atoms with van der Waals surface area (Å²) in [5, 5.41) is 0. The van der Waals surface area contributed by atoms with Crippen LogP contribution in [0.15, 0.2) is 60.7 Å². The zero-order valence-corrected chi connectivity index (χ0v) is 10.4. The van der Waals surface area contributed by atoms with Crippen molar-refractivity contribution in [1.29, 1.82) is 0 Å². The molecule has 0 aromatic heterocycles. The van der Waals surface area contributed by atoms with Gasteiger partial charge >= 0.3 is 0 Å². The van der Waals surface area contributed by atoms with Gasteiger partial charge < -0.3 is 5.73 Å². The van der Waals surface area contributed by atoms with E-state index >= 15 is 0 Å². The van der Waals surface area contributed by atoms with Crippen LogP contribution in [0, 0.1) is 0 Å². The van der Waals surface area contributed by atoms with E-state index in [2.05, 4.69) is 0 Å². The number of hydrogen-bond donors (Lipinski definition) is 1. The largest absolute Gasteiger partial charge is 0.312 e. The summed E-state index contributed by atoms with van der Waals surface area (Å²) in [7, 11) is 0. The minimum absolute atomic E-state index is 0.144. The zero-order chi connectivity index (χ0) is 13.7. The lowest BCUT2D eigenvalue weighted by molar-refractivity contribution is 0.0930. The summed E-state index contributed by atoms with van der Waals surface area (Å²) >= 11 is 0. The summed E-state index contributed by atoms with van der Waals surface area (Å²) in [6.07, 6.45) is 1.85. The van der Waals surface area contributed by atoms with Crippen molar-refractivity contribution >= 4 is 12.1 Å². The molecule has 0 aliphatic heterocycles. The van der Waals surface area contributed by atoms with Crippen LogP contribution in [0.4, 0.5) is 0 Å². The highest BCUT2D eigenvalue weighted by atomic mass is 16.1. The van der Waals surface area contributed by atoms with Crippen molar-refractivity contribution in [3.63, 3.8) is 0 Å². The molecule has 0 saturated heterocycles. The Kier molecular flexibility index (Phi) is 3.88. The van der Waals surface area contributed by atoms with Gasteiger partial charge in [-0.05, 0) is 5.56 Å². The highest BCUT2D eigenvalue weighted by Gasteiger charge is 2.35. The summed E-state index contributed by atoms with van der Waals surface area (Å²) in [5.41, 5.74) is 5.55. The number of hydrogen-bond acceptors (Lipinski definition) is 3. The quantitative estimate of drug-likeness (QED) is 0.653. The lowest BCUT2D eigenvalue weighted by Gasteiger charge is -2.20. The Morgan fingerprint density at radius 2 is 1.53 bits per heavy atom. The number of carbonyl (C=O) groups is 1. The van der Waals surface area contributed by atoms with Gasteiger partial charge in [-0.3, -0.25) is 9.59 Å². The van der Waals surface area contributed by atoms with Gasteiger partial charge in [0.2, 0.25) is 6.29 Å². The van der Waals surface area contributed by atoms with Crippen molar-refractivity contribution < 1.29 is 9.59 Å². The van der Waals surface area contributed by atoms with Crippen molar-refractivity contribution in [2.75, 3.05) is 0 Å². The van der Waals surface area contributed by atoms with Crippen LogP contribution in [0.1, 0.15) is 15.9 Å². The van der Waals surface area contributed by atoms with Crippen molar-refractivity contribution in [3.8, 4) is 0 Å². The Balaban J connectivity index is 2.28. The van der Waals surface area contributed by atoms with E-state index < -0.39 is 11.3 Å².